The summed E-state index contributed by atoms with van der Waals surface area (Å²) in [7, 11) is 0. The zero-order chi connectivity index (χ0) is 13.2. The first-order valence-corrected chi connectivity index (χ1v) is 7.15. The Morgan fingerprint density at radius 1 is 1.26 bits per heavy atom. The summed E-state index contributed by atoms with van der Waals surface area (Å²) in [5, 5.41) is 3.47. The lowest BCUT2D eigenvalue weighted by molar-refractivity contribution is -0.00548. The van der Waals surface area contributed by atoms with Crippen molar-refractivity contribution in [3.05, 3.63) is 18.1 Å². The molecule has 1 aromatic heterocycles. The summed E-state index contributed by atoms with van der Waals surface area (Å²) in [6, 6.07) is 0.703. The fraction of sp³-hybridized carbons (Fsp3) is 0.714. The van der Waals surface area contributed by atoms with Gasteiger partial charge in [-0.3, -0.25) is 4.98 Å². The van der Waals surface area contributed by atoms with Crippen LogP contribution in [0, 0.1) is 0 Å². The summed E-state index contributed by atoms with van der Waals surface area (Å²) >= 11 is 0. The van der Waals surface area contributed by atoms with Crippen LogP contribution in [0.25, 0.3) is 0 Å². The number of hydrogen-bond donors (Lipinski definition) is 1. The van der Waals surface area contributed by atoms with Gasteiger partial charge in [-0.25, -0.2) is 4.98 Å². The van der Waals surface area contributed by atoms with Crippen LogP contribution in [0.3, 0.4) is 0 Å². The fourth-order valence-electron chi connectivity index (χ4n) is 2.53. The zero-order valence-corrected chi connectivity index (χ0v) is 11.7. The minimum Gasteiger partial charge on any atom is -0.372 e. The zero-order valence-electron chi connectivity index (χ0n) is 11.7. The molecular formula is C14H22N4O. The Balaban J connectivity index is 1.66. The number of aromatic nitrogens is 2. The van der Waals surface area contributed by atoms with E-state index in [9.17, 15) is 0 Å². The van der Waals surface area contributed by atoms with Gasteiger partial charge in [-0.1, -0.05) is 0 Å². The second kappa shape index (κ2) is 5.43. The van der Waals surface area contributed by atoms with Crippen LogP contribution in [0.2, 0.25) is 0 Å². The van der Waals surface area contributed by atoms with E-state index < -0.39 is 0 Å². The van der Waals surface area contributed by atoms with E-state index in [0.29, 0.717) is 6.04 Å². The van der Waals surface area contributed by atoms with Gasteiger partial charge in [0.1, 0.15) is 5.82 Å². The van der Waals surface area contributed by atoms with Crippen LogP contribution in [0.4, 0.5) is 5.82 Å². The molecule has 1 N–H and O–H groups in total. The summed E-state index contributed by atoms with van der Waals surface area (Å²) in [6.07, 6.45) is 6.80. The predicted molar refractivity (Wildman–Crippen MR) is 74.1 cm³/mol. The molecule has 1 aliphatic carbocycles. The van der Waals surface area contributed by atoms with E-state index in [1.54, 1.807) is 0 Å². The van der Waals surface area contributed by atoms with Gasteiger partial charge in [-0.2, -0.15) is 0 Å². The molecule has 0 amide bonds. The molecule has 2 heterocycles. The third kappa shape index (κ3) is 3.42. The Labute approximate surface area is 114 Å². The SMILES string of the molecule is C[C@@H]1CN(c2cncc(CNC3CC3)n2)C[C@H](C)O1. The Hall–Kier alpha value is -1.20. The highest BCUT2D eigenvalue weighted by atomic mass is 16.5. The molecule has 19 heavy (non-hydrogen) atoms. The molecule has 3 rings (SSSR count). The smallest absolute Gasteiger partial charge is 0.147 e. The Bertz CT molecular complexity index is 425. The predicted octanol–water partition coefficient (Wildman–Crippen LogP) is 1.34. The van der Waals surface area contributed by atoms with Gasteiger partial charge >= 0.3 is 0 Å². The minimum atomic E-state index is 0.249. The standard InChI is InChI=1S/C14H22N4O/c1-10-8-18(9-11(2)19-10)14-7-15-5-13(17-14)6-16-12-3-4-12/h5,7,10-12,16H,3-4,6,8-9H2,1-2H3/t10-,11+. The first kappa shape index (κ1) is 12.8. The second-order valence-corrected chi connectivity index (χ2v) is 5.69. The van der Waals surface area contributed by atoms with Gasteiger partial charge in [0, 0.05) is 31.9 Å². The number of anilines is 1. The number of ether oxygens (including phenoxy) is 1. The topological polar surface area (TPSA) is 50.3 Å². The van der Waals surface area contributed by atoms with Crippen LogP contribution in [-0.4, -0.2) is 41.3 Å². The third-order valence-corrected chi connectivity index (χ3v) is 3.56. The lowest BCUT2D eigenvalue weighted by Crippen LogP contribution is -2.46. The summed E-state index contributed by atoms with van der Waals surface area (Å²) < 4.78 is 5.75. The number of rotatable bonds is 4. The lowest BCUT2D eigenvalue weighted by atomic mass is 10.2. The molecule has 2 fully saturated rings. The normalized spacial score (nSPS) is 27.6. The van der Waals surface area contributed by atoms with E-state index in [-0.39, 0.29) is 12.2 Å². The molecule has 2 atom stereocenters. The molecule has 2 aliphatic rings. The van der Waals surface area contributed by atoms with Crippen molar-refractivity contribution in [1.29, 1.82) is 0 Å². The maximum absolute atomic E-state index is 5.75. The second-order valence-electron chi connectivity index (χ2n) is 5.69. The van der Waals surface area contributed by atoms with Crippen molar-refractivity contribution in [2.45, 2.75) is 51.5 Å². The molecule has 1 aromatic rings. The average Bonchev–Trinajstić information content (AvgIpc) is 3.20. The van der Waals surface area contributed by atoms with Gasteiger partial charge in [0.05, 0.1) is 24.1 Å². The number of nitrogens with one attached hydrogen (secondary N) is 1. The van der Waals surface area contributed by atoms with E-state index in [0.717, 1.165) is 31.1 Å². The van der Waals surface area contributed by atoms with Crippen molar-refractivity contribution in [1.82, 2.24) is 15.3 Å². The quantitative estimate of drug-likeness (QED) is 0.887. The first-order valence-electron chi connectivity index (χ1n) is 7.15. The molecule has 104 valence electrons. The fourth-order valence-corrected chi connectivity index (χ4v) is 2.53. The van der Waals surface area contributed by atoms with Gasteiger partial charge in [0.2, 0.25) is 0 Å². The molecule has 0 spiro atoms. The number of morpholine rings is 1. The van der Waals surface area contributed by atoms with Crippen LogP contribution < -0.4 is 10.2 Å². The van der Waals surface area contributed by atoms with Crippen LogP contribution in [0.5, 0.6) is 0 Å². The van der Waals surface area contributed by atoms with Gasteiger partial charge in [-0.15, -0.1) is 0 Å². The van der Waals surface area contributed by atoms with Gasteiger partial charge in [0.15, 0.2) is 0 Å². The number of nitrogens with zero attached hydrogens (tertiary/aromatic N) is 3. The minimum absolute atomic E-state index is 0.249. The Kier molecular flexibility index (Phi) is 3.66. The molecule has 0 radical (unpaired) electrons. The molecule has 1 aliphatic heterocycles. The van der Waals surface area contributed by atoms with Gasteiger partial charge in [0.25, 0.3) is 0 Å². The molecule has 5 nitrogen and oxygen atoms in total. The molecule has 0 aromatic carbocycles. The van der Waals surface area contributed by atoms with E-state index in [4.69, 9.17) is 9.72 Å². The lowest BCUT2D eigenvalue weighted by Gasteiger charge is -2.35. The summed E-state index contributed by atoms with van der Waals surface area (Å²) in [5.41, 5.74) is 1.02. The molecular weight excluding hydrogens is 240 g/mol. The average molecular weight is 262 g/mol. The highest BCUT2D eigenvalue weighted by Crippen LogP contribution is 2.20. The van der Waals surface area contributed by atoms with Crippen molar-refractivity contribution < 1.29 is 4.74 Å². The summed E-state index contributed by atoms with van der Waals surface area (Å²) in [6.45, 7) is 6.81. The van der Waals surface area contributed by atoms with Crippen molar-refractivity contribution in [3.8, 4) is 0 Å². The van der Waals surface area contributed by atoms with Crippen molar-refractivity contribution in [3.63, 3.8) is 0 Å². The maximum Gasteiger partial charge on any atom is 0.147 e. The third-order valence-electron chi connectivity index (χ3n) is 3.56. The molecule has 0 bridgehead atoms. The van der Waals surface area contributed by atoms with Gasteiger partial charge in [-0.05, 0) is 26.7 Å². The van der Waals surface area contributed by atoms with E-state index >= 15 is 0 Å². The van der Waals surface area contributed by atoms with Crippen molar-refractivity contribution in [2.75, 3.05) is 18.0 Å². The van der Waals surface area contributed by atoms with Crippen LogP contribution >= 0.6 is 0 Å². The Morgan fingerprint density at radius 2 is 2.00 bits per heavy atom. The highest BCUT2D eigenvalue weighted by Gasteiger charge is 2.24. The van der Waals surface area contributed by atoms with Crippen molar-refractivity contribution >= 4 is 5.82 Å². The summed E-state index contributed by atoms with van der Waals surface area (Å²) in [5.74, 6) is 0.970. The molecule has 5 heteroatoms. The van der Waals surface area contributed by atoms with Crippen LogP contribution in [-0.2, 0) is 11.3 Å². The monoisotopic (exact) mass is 262 g/mol. The van der Waals surface area contributed by atoms with Gasteiger partial charge < -0.3 is 15.0 Å². The van der Waals surface area contributed by atoms with E-state index in [2.05, 4.69) is 29.0 Å². The maximum atomic E-state index is 5.75. The highest BCUT2D eigenvalue weighted by molar-refractivity contribution is 5.37. The first-order chi connectivity index (χ1) is 9.20. The molecule has 1 saturated heterocycles. The van der Waals surface area contributed by atoms with Crippen LogP contribution in [0.1, 0.15) is 32.4 Å². The number of hydrogen-bond acceptors (Lipinski definition) is 5. The van der Waals surface area contributed by atoms with E-state index in [1.165, 1.54) is 12.8 Å². The molecule has 0 unspecified atom stereocenters. The Morgan fingerprint density at radius 3 is 2.68 bits per heavy atom. The van der Waals surface area contributed by atoms with E-state index in [1.807, 2.05) is 12.4 Å². The largest absolute Gasteiger partial charge is 0.372 e. The van der Waals surface area contributed by atoms with Crippen LogP contribution in [0.15, 0.2) is 12.4 Å². The van der Waals surface area contributed by atoms with Crippen molar-refractivity contribution in [2.24, 2.45) is 0 Å². The molecule has 1 saturated carbocycles. The summed E-state index contributed by atoms with van der Waals surface area (Å²) in [4.78, 5) is 11.3.